The van der Waals surface area contributed by atoms with E-state index in [2.05, 4.69) is 15.6 Å². The average Bonchev–Trinajstić information content (AvgIpc) is 2.63. The van der Waals surface area contributed by atoms with Gasteiger partial charge in [0.2, 0.25) is 0 Å². The summed E-state index contributed by atoms with van der Waals surface area (Å²) in [4.78, 5) is 15.7. The quantitative estimate of drug-likeness (QED) is 0.685. The highest BCUT2D eigenvalue weighted by Gasteiger charge is 2.17. The van der Waals surface area contributed by atoms with E-state index in [1.54, 1.807) is 36.4 Å². The first kappa shape index (κ1) is 18.3. The number of amidine groups is 1. The molecule has 3 N–H and O–H groups in total. The molecule has 0 bridgehead atoms. The van der Waals surface area contributed by atoms with Crippen molar-refractivity contribution in [3.8, 4) is 5.75 Å². The fourth-order valence-corrected chi connectivity index (χ4v) is 3.11. The average molecular weight is 390 g/mol. The maximum atomic E-state index is 11.2. The molecule has 134 valence electrons. The van der Waals surface area contributed by atoms with Gasteiger partial charge in [-0.25, -0.2) is 0 Å². The number of nitrogens with one attached hydrogen (secondary N) is 2. The van der Waals surface area contributed by atoms with Crippen LogP contribution in [-0.4, -0.2) is 29.9 Å². The second-order valence-corrected chi connectivity index (χ2v) is 6.61. The smallest absolute Gasteiger partial charge is 0.162 e. The van der Waals surface area contributed by atoms with Crippen LogP contribution in [0.25, 0.3) is 5.70 Å². The summed E-state index contributed by atoms with van der Waals surface area (Å²) in [5.41, 5.74) is 2.44. The van der Waals surface area contributed by atoms with E-state index < -0.39 is 6.17 Å². The molecular formula is C19H17Cl2N3O2. The molecule has 1 aliphatic heterocycles. The van der Waals surface area contributed by atoms with Crippen molar-refractivity contribution in [3.63, 3.8) is 0 Å². The molecule has 2 aromatic rings. The number of aromatic hydroxyl groups is 1. The van der Waals surface area contributed by atoms with Crippen LogP contribution in [0.1, 0.15) is 11.1 Å². The number of halogens is 2. The van der Waals surface area contributed by atoms with Crippen LogP contribution < -0.4 is 10.6 Å². The number of carbonyl (C=O) groups excluding carboxylic acids is 1. The van der Waals surface area contributed by atoms with Crippen LogP contribution in [0.3, 0.4) is 0 Å². The third-order valence-electron chi connectivity index (χ3n) is 3.87. The molecule has 0 spiro atoms. The zero-order valence-corrected chi connectivity index (χ0v) is 15.3. The first-order chi connectivity index (χ1) is 12.5. The van der Waals surface area contributed by atoms with E-state index in [4.69, 9.17) is 23.2 Å². The Morgan fingerprint density at radius 2 is 2.00 bits per heavy atom. The molecule has 1 heterocycles. The molecule has 0 aromatic heterocycles. The zero-order chi connectivity index (χ0) is 18.5. The number of rotatable bonds is 5. The Morgan fingerprint density at radius 3 is 2.73 bits per heavy atom. The standard InChI is InChI=1S/C19H17Cl2N3O2/c20-14-5-4-12(16(21)9-14)6-7-22-18-10-17(23-19(11-25)24-18)13-2-1-3-15(26)8-13/h1-5,8-11,19,23,26H,6-7H2,(H,22,24). The van der Waals surface area contributed by atoms with Crippen LogP contribution in [0.15, 0.2) is 53.5 Å². The summed E-state index contributed by atoms with van der Waals surface area (Å²) in [7, 11) is 0. The highest BCUT2D eigenvalue weighted by molar-refractivity contribution is 6.35. The van der Waals surface area contributed by atoms with Crippen molar-refractivity contribution in [1.82, 2.24) is 10.6 Å². The first-order valence-corrected chi connectivity index (χ1v) is 8.78. The molecule has 0 fully saturated rings. The van der Waals surface area contributed by atoms with Gasteiger partial charge in [-0.2, -0.15) is 0 Å². The summed E-state index contributed by atoms with van der Waals surface area (Å²) in [6, 6.07) is 12.2. The SMILES string of the molecule is O=CC1NC(c2cccc(O)c2)=CC(=NCCc2ccc(Cl)cc2Cl)N1. The second-order valence-electron chi connectivity index (χ2n) is 5.76. The molecule has 1 atom stereocenters. The summed E-state index contributed by atoms with van der Waals surface area (Å²) in [5, 5.41) is 16.9. The van der Waals surface area contributed by atoms with Crippen LogP contribution >= 0.6 is 23.2 Å². The van der Waals surface area contributed by atoms with Gasteiger partial charge in [0.1, 0.15) is 11.6 Å². The number of carbonyl (C=O) groups is 1. The largest absolute Gasteiger partial charge is 0.508 e. The van der Waals surface area contributed by atoms with Crippen molar-refractivity contribution in [2.75, 3.05) is 6.54 Å². The highest BCUT2D eigenvalue weighted by atomic mass is 35.5. The third kappa shape index (κ3) is 4.56. The Morgan fingerprint density at radius 1 is 1.15 bits per heavy atom. The van der Waals surface area contributed by atoms with Crippen molar-refractivity contribution in [2.45, 2.75) is 12.6 Å². The van der Waals surface area contributed by atoms with E-state index in [1.807, 2.05) is 12.1 Å². The van der Waals surface area contributed by atoms with Gasteiger partial charge in [0.15, 0.2) is 12.5 Å². The van der Waals surface area contributed by atoms with Gasteiger partial charge in [-0.15, -0.1) is 0 Å². The van der Waals surface area contributed by atoms with Crippen LogP contribution in [0.5, 0.6) is 5.75 Å². The van der Waals surface area contributed by atoms with E-state index >= 15 is 0 Å². The lowest BCUT2D eigenvalue weighted by Crippen LogP contribution is -2.49. The molecule has 1 aliphatic rings. The normalized spacial score (nSPS) is 18.0. The summed E-state index contributed by atoms with van der Waals surface area (Å²) in [6.45, 7) is 0.499. The van der Waals surface area contributed by atoms with Crippen LogP contribution in [0, 0.1) is 0 Å². The first-order valence-electron chi connectivity index (χ1n) is 8.03. The van der Waals surface area contributed by atoms with Gasteiger partial charge >= 0.3 is 0 Å². The molecule has 0 radical (unpaired) electrons. The Kier molecular flexibility index (Phi) is 5.81. The number of hydrogen-bond donors (Lipinski definition) is 3. The molecule has 3 rings (SSSR count). The van der Waals surface area contributed by atoms with Crippen molar-refractivity contribution < 1.29 is 9.90 Å². The summed E-state index contributed by atoms with van der Waals surface area (Å²) >= 11 is 12.1. The minimum Gasteiger partial charge on any atom is -0.508 e. The Bertz CT molecular complexity index is 881. The van der Waals surface area contributed by atoms with Crippen molar-refractivity contribution in [1.29, 1.82) is 0 Å². The lowest BCUT2D eigenvalue weighted by molar-refractivity contribution is -0.109. The van der Waals surface area contributed by atoms with E-state index in [9.17, 15) is 9.90 Å². The maximum absolute atomic E-state index is 11.2. The van der Waals surface area contributed by atoms with Crippen molar-refractivity contribution in [2.24, 2.45) is 4.99 Å². The summed E-state index contributed by atoms with van der Waals surface area (Å²) < 4.78 is 0. The Labute approximate surface area is 161 Å². The van der Waals surface area contributed by atoms with Crippen LogP contribution in [0.2, 0.25) is 10.0 Å². The number of hydrogen-bond acceptors (Lipinski definition) is 4. The van der Waals surface area contributed by atoms with Crippen LogP contribution in [-0.2, 0) is 11.2 Å². The lowest BCUT2D eigenvalue weighted by atomic mass is 10.1. The number of aldehydes is 1. The van der Waals surface area contributed by atoms with Gasteiger partial charge in [0.05, 0.1) is 0 Å². The fraction of sp³-hybridized carbons (Fsp3) is 0.158. The maximum Gasteiger partial charge on any atom is 0.162 e. The van der Waals surface area contributed by atoms with Crippen LogP contribution in [0.4, 0.5) is 0 Å². The number of benzene rings is 2. The molecule has 5 nitrogen and oxygen atoms in total. The minimum atomic E-state index is -0.588. The van der Waals surface area contributed by atoms with E-state index in [-0.39, 0.29) is 5.75 Å². The minimum absolute atomic E-state index is 0.155. The van der Waals surface area contributed by atoms with E-state index in [1.165, 1.54) is 0 Å². The molecule has 0 amide bonds. The molecule has 1 unspecified atom stereocenters. The molecule has 0 aliphatic carbocycles. The zero-order valence-electron chi connectivity index (χ0n) is 13.7. The fourth-order valence-electron chi connectivity index (χ4n) is 2.60. The molecular weight excluding hydrogens is 373 g/mol. The molecule has 0 saturated carbocycles. The van der Waals surface area contributed by atoms with Gasteiger partial charge in [0.25, 0.3) is 0 Å². The molecule has 7 heteroatoms. The monoisotopic (exact) mass is 389 g/mol. The summed E-state index contributed by atoms with van der Waals surface area (Å²) in [5.74, 6) is 0.742. The van der Waals surface area contributed by atoms with Gasteiger partial charge < -0.3 is 15.7 Å². The highest BCUT2D eigenvalue weighted by Crippen LogP contribution is 2.22. The number of phenols is 1. The predicted octanol–water partition coefficient (Wildman–Crippen LogP) is 3.40. The third-order valence-corrected chi connectivity index (χ3v) is 4.45. The lowest BCUT2D eigenvalue weighted by Gasteiger charge is -2.25. The van der Waals surface area contributed by atoms with Gasteiger partial charge in [-0.3, -0.25) is 9.79 Å². The van der Waals surface area contributed by atoms with E-state index in [0.29, 0.717) is 34.5 Å². The number of nitrogens with zero attached hydrogens (tertiary/aromatic N) is 1. The second kappa shape index (κ2) is 8.25. The van der Waals surface area contributed by atoms with Crippen molar-refractivity contribution in [3.05, 3.63) is 69.7 Å². The number of aliphatic imine (C=N–C) groups is 1. The summed E-state index contributed by atoms with van der Waals surface area (Å²) in [6.07, 6.45) is 2.63. The van der Waals surface area contributed by atoms with Gasteiger partial charge in [-0.05, 0) is 36.2 Å². The topological polar surface area (TPSA) is 73.7 Å². The Hall–Kier alpha value is -2.50. The van der Waals surface area contributed by atoms with Gasteiger partial charge in [-0.1, -0.05) is 41.4 Å². The molecule has 2 aromatic carbocycles. The van der Waals surface area contributed by atoms with E-state index in [0.717, 1.165) is 17.4 Å². The Balaban J connectivity index is 1.77. The van der Waals surface area contributed by atoms with Gasteiger partial charge in [0, 0.05) is 33.9 Å². The molecule has 26 heavy (non-hydrogen) atoms. The predicted molar refractivity (Wildman–Crippen MR) is 105 cm³/mol. The number of phenolic OH excluding ortho intramolecular Hbond substituents is 1. The molecule has 0 saturated heterocycles. The van der Waals surface area contributed by atoms with Crippen molar-refractivity contribution >= 4 is 41.0 Å².